The normalized spacial score (nSPS) is 27.0. The van der Waals surface area contributed by atoms with Gasteiger partial charge in [0, 0.05) is 22.7 Å². The number of nitrogens with zero attached hydrogens (tertiary/aromatic N) is 2. The Labute approximate surface area is 129 Å². The Hall–Kier alpha value is -1.92. The third-order valence-corrected chi connectivity index (χ3v) is 5.81. The Kier molecular flexibility index (Phi) is 2.94. The van der Waals surface area contributed by atoms with Gasteiger partial charge >= 0.3 is 0 Å². The molecule has 3 aliphatic rings. The molecule has 2 nitrogen and oxygen atoms in total. The molecule has 1 aromatic carbocycles. The number of benzene rings is 1. The van der Waals surface area contributed by atoms with Crippen molar-refractivity contribution in [2.45, 2.75) is 31.1 Å². The van der Waals surface area contributed by atoms with E-state index in [0.717, 1.165) is 12.8 Å². The molecule has 0 amide bonds. The monoisotopic (exact) mass is 292 g/mol. The van der Waals surface area contributed by atoms with E-state index in [1.165, 1.54) is 27.4 Å². The Morgan fingerprint density at radius 1 is 1.29 bits per heavy atom. The number of nitriles is 1. The third kappa shape index (κ3) is 1.86. The molecule has 3 heteroatoms. The van der Waals surface area contributed by atoms with Gasteiger partial charge in [-0.25, -0.2) is 0 Å². The molecular formula is C18H16N2S. The Balaban J connectivity index is 1.89. The molecule has 3 aliphatic heterocycles. The topological polar surface area (TPSA) is 27.0 Å². The molecule has 0 fully saturated rings. The molecule has 4 rings (SSSR count). The van der Waals surface area contributed by atoms with Crippen molar-refractivity contribution in [3.8, 4) is 6.07 Å². The second kappa shape index (κ2) is 4.82. The summed E-state index contributed by atoms with van der Waals surface area (Å²) >= 11 is 1.75. The Bertz CT molecular complexity index is 721. The fourth-order valence-corrected chi connectivity index (χ4v) is 4.74. The van der Waals surface area contributed by atoms with Crippen LogP contribution in [0.5, 0.6) is 0 Å². The molecule has 0 N–H and O–H groups in total. The molecule has 0 spiro atoms. The van der Waals surface area contributed by atoms with Crippen molar-refractivity contribution < 1.29 is 0 Å². The largest absolute Gasteiger partial charge is 0.338 e. The summed E-state index contributed by atoms with van der Waals surface area (Å²) in [5.74, 6) is 0. The van der Waals surface area contributed by atoms with Crippen molar-refractivity contribution in [2.24, 2.45) is 0 Å². The summed E-state index contributed by atoms with van der Waals surface area (Å²) in [6.45, 7) is 2.21. The maximum Gasteiger partial charge on any atom is 0.117 e. The van der Waals surface area contributed by atoms with E-state index < -0.39 is 0 Å². The first-order chi connectivity index (χ1) is 10.3. The standard InChI is InChI=1S/C18H16N2S/c1-12-10-16-18(13-6-3-2-4-7-13)21-17(11-19)15-9-5-8-14(12)20(15)16/h2-8,15,17H,9-10H2,1H3/t15-,17-/m0/s1. The van der Waals surface area contributed by atoms with Crippen LogP contribution in [-0.2, 0) is 0 Å². The van der Waals surface area contributed by atoms with E-state index in [0.29, 0.717) is 6.04 Å². The summed E-state index contributed by atoms with van der Waals surface area (Å²) in [5.41, 5.74) is 5.35. The fourth-order valence-electron chi connectivity index (χ4n) is 3.46. The third-order valence-electron chi connectivity index (χ3n) is 4.42. The number of hydrogen-bond acceptors (Lipinski definition) is 3. The summed E-state index contributed by atoms with van der Waals surface area (Å²) in [7, 11) is 0. The molecule has 21 heavy (non-hydrogen) atoms. The zero-order chi connectivity index (χ0) is 14.4. The van der Waals surface area contributed by atoms with Crippen LogP contribution in [-0.4, -0.2) is 16.2 Å². The van der Waals surface area contributed by atoms with Crippen LogP contribution in [0.4, 0.5) is 0 Å². The average molecular weight is 292 g/mol. The zero-order valence-electron chi connectivity index (χ0n) is 11.9. The molecule has 0 saturated carbocycles. The lowest BCUT2D eigenvalue weighted by molar-refractivity contribution is 0.329. The van der Waals surface area contributed by atoms with Gasteiger partial charge in [-0.2, -0.15) is 5.26 Å². The second-order valence-corrected chi connectivity index (χ2v) is 6.88. The highest BCUT2D eigenvalue weighted by molar-refractivity contribution is 8.09. The lowest BCUT2D eigenvalue weighted by Crippen LogP contribution is -2.42. The highest BCUT2D eigenvalue weighted by atomic mass is 32.2. The zero-order valence-corrected chi connectivity index (χ0v) is 12.7. The van der Waals surface area contributed by atoms with E-state index in [1.54, 1.807) is 11.8 Å². The summed E-state index contributed by atoms with van der Waals surface area (Å²) in [4.78, 5) is 3.71. The SMILES string of the molecule is CC1=C2C=CC[C@H]3[C@H](C#N)SC(c4ccccc4)=C(C1)N23. The van der Waals surface area contributed by atoms with E-state index in [9.17, 15) is 5.26 Å². The van der Waals surface area contributed by atoms with Crippen molar-refractivity contribution in [3.05, 3.63) is 65.0 Å². The molecule has 3 heterocycles. The number of hydrogen-bond donors (Lipinski definition) is 0. The van der Waals surface area contributed by atoms with E-state index in [4.69, 9.17) is 0 Å². The van der Waals surface area contributed by atoms with Gasteiger partial charge in [0.2, 0.25) is 0 Å². The molecule has 2 atom stereocenters. The van der Waals surface area contributed by atoms with Crippen molar-refractivity contribution in [2.75, 3.05) is 0 Å². The predicted molar refractivity (Wildman–Crippen MR) is 87.1 cm³/mol. The first-order valence-electron chi connectivity index (χ1n) is 7.30. The first-order valence-corrected chi connectivity index (χ1v) is 8.18. The lowest BCUT2D eigenvalue weighted by Gasteiger charge is -2.41. The van der Waals surface area contributed by atoms with Crippen LogP contribution in [0.25, 0.3) is 4.91 Å². The van der Waals surface area contributed by atoms with Crippen molar-refractivity contribution in [1.29, 1.82) is 5.26 Å². The maximum absolute atomic E-state index is 9.59. The van der Waals surface area contributed by atoms with E-state index in [-0.39, 0.29) is 5.25 Å². The predicted octanol–water partition coefficient (Wildman–Crippen LogP) is 4.30. The van der Waals surface area contributed by atoms with E-state index in [1.807, 2.05) is 6.07 Å². The average Bonchev–Trinajstić information content (AvgIpc) is 2.87. The second-order valence-electron chi connectivity index (χ2n) is 5.73. The minimum absolute atomic E-state index is 0.00481. The molecule has 104 valence electrons. The van der Waals surface area contributed by atoms with Gasteiger partial charge in [0.05, 0.1) is 12.1 Å². The molecular weight excluding hydrogens is 276 g/mol. The van der Waals surface area contributed by atoms with Crippen LogP contribution in [0.15, 0.2) is 59.5 Å². The quantitative estimate of drug-likeness (QED) is 0.772. The van der Waals surface area contributed by atoms with Crippen molar-refractivity contribution in [3.63, 3.8) is 0 Å². The highest BCUT2D eigenvalue weighted by Crippen LogP contribution is 2.51. The van der Waals surface area contributed by atoms with Gasteiger partial charge in [0.15, 0.2) is 0 Å². The van der Waals surface area contributed by atoms with Crippen molar-refractivity contribution in [1.82, 2.24) is 4.90 Å². The van der Waals surface area contributed by atoms with Crippen LogP contribution < -0.4 is 0 Å². The van der Waals surface area contributed by atoms with Crippen molar-refractivity contribution >= 4 is 16.7 Å². The molecule has 0 radical (unpaired) electrons. The summed E-state index contributed by atoms with van der Waals surface area (Å²) in [5, 5.41) is 9.59. The minimum Gasteiger partial charge on any atom is -0.338 e. The van der Waals surface area contributed by atoms with Gasteiger partial charge in [-0.1, -0.05) is 36.4 Å². The van der Waals surface area contributed by atoms with Gasteiger partial charge in [-0.05, 0) is 30.6 Å². The van der Waals surface area contributed by atoms with E-state index in [2.05, 4.69) is 54.3 Å². The molecule has 0 saturated heterocycles. The molecule has 0 aromatic heterocycles. The van der Waals surface area contributed by atoms with Crippen LogP contribution in [0, 0.1) is 11.3 Å². The summed E-state index contributed by atoms with van der Waals surface area (Å²) < 4.78 is 0. The van der Waals surface area contributed by atoms with Crippen LogP contribution in [0.1, 0.15) is 25.3 Å². The molecule has 1 aromatic rings. The molecule has 0 bridgehead atoms. The van der Waals surface area contributed by atoms with Crippen LogP contribution in [0.3, 0.4) is 0 Å². The summed E-state index contributed by atoms with van der Waals surface area (Å²) in [6, 6.07) is 13.3. The summed E-state index contributed by atoms with van der Waals surface area (Å²) in [6.07, 6.45) is 6.42. The number of thioether (sulfide) groups is 1. The smallest absolute Gasteiger partial charge is 0.117 e. The lowest BCUT2D eigenvalue weighted by atomic mass is 10.0. The minimum atomic E-state index is -0.00481. The van der Waals surface area contributed by atoms with Crippen LogP contribution >= 0.6 is 11.8 Å². The van der Waals surface area contributed by atoms with Gasteiger partial charge in [-0.3, -0.25) is 0 Å². The maximum atomic E-state index is 9.59. The highest BCUT2D eigenvalue weighted by Gasteiger charge is 2.42. The Morgan fingerprint density at radius 2 is 2.10 bits per heavy atom. The number of rotatable bonds is 1. The van der Waals surface area contributed by atoms with E-state index >= 15 is 0 Å². The van der Waals surface area contributed by atoms with Gasteiger partial charge < -0.3 is 4.90 Å². The van der Waals surface area contributed by atoms with Gasteiger partial charge in [0.1, 0.15) is 5.25 Å². The first kappa shape index (κ1) is 12.8. The fraction of sp³-hybridized carbons (Fsp3) is 0.278. The Morgan fingerprint density at radius 3 is 2.86 bits per heavy atom. The van der Waals surface area contributed by atoms with Gasteiger partial charge in [0.25, 0.3) is 0 Å². The molecule has 0 unspecified atom stereocenters. The van der Waals surface area contributed by atoms with Crippen LogP contribution in [0.2, 0.25) is 0 Å². The number of allylic oxidation sites excluding steroid dienone is 2. The molecule has 0 aliphatic carbocycles. The van der Waals surface area contributed by atoms with Gasteiger partial charge in [-0.15, -0.1) is 11.8 Å².